The fraction of sp³-hybridized carbons (Fsp3) is 0.324. The standard InChI is InChI=1S/C34H34ClFN6O2/c35-25-9-7-24(27(36)18-25)21-44-34-6-2-4-28(40-34)22-11-14-41(15-12-22)20-33-39-30-17-23(29-3-1-5-32(37)38-29)8-10-31(30)42(33)19-26-13-16-43-26/h1-10,17-18,22,26H,11-16,19-21H2,(H2,37,38). The second-order valence-electron chi connectivity index (χ2n) is 11.5. The molecule has 2 aliphatic heterocycles. The van der Waals surface area contributed by atoms with Crippen molar-refractivity contribution in [2.24, 2.45) is 0 Å². The molecule has 0 bridgehead atoms. The smallest absolute Gasteiger partial charge is 0.213 e. The van der Waals surface area contributed by atoms with Crippen molar-refractivity contribution in [3.8, 4) is 17.1 Å². The molecule has 2 aliphatic rings. The molecule has 5 heterocycles. The summed E-state index contributed by atoms with van der Waals surface area (Å²) < 4.78 is 28.1. The molecule has 1 unspecified atom stereocenters. The largest absolute Gasteiger partial charge is 0.473 e. The highest BCUT2D eigenvalue weighted by Gasteiger charge is 2.26. The van der Waals surface area contributed by atoms with Crippen molar-refractivity contribution in [3.05, 3.63) is 101 Å². The Morgan fingerprint density at radius 2 is 1.80 bits per heavy atom. The van der Waals surface area contributed by atoms with E-state index in [-0.39, 0.29) is 18.5 Å². The Hall–Kier alpha value is -4.05. The fourth-order valence-electron chi connectivity index (χ4n) is 6.02. The van der Waals surface area contributed by atoms with Crippen LogP contribution in [0.5, 0.6) is 5.88 Å². The summed E-state index contributed by atoms with van der Waals surface area (Å²) in [7, 11) is 0. The Kier molecular flexibility index (Phi) is 8.16. The zero-order valence-corrected chi connectivity index (χ0v) is 25.1. The SMILES string of the molecule is Nc1cccc(-c2ccc3c(c2)nc(CN2CCC(c4cccc(OCc5ccc(Cl)cc5F)n4)CC2)n3CC2CCO2)n1. The summed E-state index contributed by atoms with van der Waals surface area (Å²) in [5.74, 6) is 2.00. The molecule has 2 saturated heterocycles. The van der Waals surface area contributed by atoms with Crippen molar-refractivity contribution in [1.29, 1.82) is 0 Å². The van der Waals surface area contributed by atoms with E-state index in [1.165, 1.54) is 6.07 Å². The molecule has 44 heavy (non-hydrogen) atoms. The van der Waals surface area contributed by atoms with E-state index in [1.54, 1.807) is 18.2 Å². The van der Waals surface area contributed by atoms with Gasteiger partial charge in [0.1, 0.15) is 24.1 Å². The maximum atomic E-state index is 14.2. The van der Waals surface area contributed by atoms with Crippen LogP contribution in [0, 0.1) is 5.82 Å². The van der Waals surface area contributed by atoms with Crippen LogP contribution in [-0.4, -0.2) is 50.2 Å². The van der Waals surface area contributed by atoms with Gasteiger partial charge in [-0.1, -0.05) is 35.9 Å². The molecule has 0 radical (unpaired) electrons. The Balaban J connectivity index is 1.03. The average molecular weight is 613 g/mol. The molecule has 2 N–H and O–H groups in total. The van der Waals surface area contributed by atoms with E-state index in [1.807, 2.05) is 24.3 Å². The molecule has 1 atom stereocenters. The minimum Gasteiger partial charge on any atom is -0.473 e. The van der Waals surface area contributed by atoms with Crippen LogP contribution in [0.15, 0.2) is 72.8 Å². The van der Waals surface area contributed by atoms with E-state index in [0.717, 1.165) is 85.9 Å². The number of ether oxygens (including phenoxy) is 2. The minimum atomic E-state index is -0.381. The molecule has 5 aromatic rings. The zero-order chi connectivity index (χ0) is 30.0. The van der Waals surface area contributed by atoms with Gasteiger partial charge in [-0.2, -0.15) is 0 Å². The lowest BCUT2D eigenvalue weighted by Crippen LogP contribution is -2.35. The van der Waals surface area contributed by atoms with E-state index in [9.17, 15) is 4.39 Å². The highest BCUT2D eigenvalue weighted by atomic mass is 35.5. The molecule has 0 spiro atoms. The average Bonchev–Trinajstić information content (AvgIpc) is 3.34. The summed E-state index contributed by atoms with van der Waals surface area (Å²) in [6.45, 7) is 4.37. The molecule has 3 aromatic heterocycles. The highest BCUT2D eigenvalue weighted by molar-refractivity contribution is 6.30. The van der Waals surface area contributed by atoms with E-state index < -0.39 is 0 Å². The number of pyridine rings is 2. The van der Waals surface area contributed by atoms with Crippen molar-refractivity contribution in [1.82, 2.24) is 24.4 Å². The van der Waals surface area contributed by atoms with Crippen LogP contribution in [0.2, 0.25) is 5.02 Å². The summed E-state index contributed by atoms with van der Waals surface area (Å²) >= 11 is 5.87. The first-order valence-corrected chi connectivity index (χ1v) is 15.5. The molecule has 10 heteroatoms. The van der Waals surface area contributed by atoms with E-state index in [2.05, 4.69) is 38.7 Å². The number of hydrogen-bond acceptors (Lipinski definition) is 7. The van der Waals surface area contributed by atoms with Crippen LogP contribution in [-0.2, 0) is 24.4 Å². The summed E-state index contributed by atoms with van der Waals surface area (Å²) in [5.41, 5.74) is 11.3. The molecule has 8 nitrogen and oxygen atoms in total. The van der Waals surface area contributed by atoms with Gasteiger partial charge in [0, 0.05) is 40.4 Å². The molecule has 0 saturated carbocycles. The van der Waals surface area contributed by atoms with Gasteiger partial charge in [0.25, 0.3) is 0 Å². The molecule has 0 amide bonds. The van der Waals surface area contributed by atoms with Crippen molar-refractivity contribution >= 4 is 28.5 Å². The van der Waals surface area contributed by atoms with Gasteiger partial charge < -0.3 is 19.8 Å². The topological polar surface area (TPSA) is 91.3 Å². The first-order chi connectivity index (χ1) is 21.5. The first-order valence-electron chi connectivity index (χ1n) is 15.1. The molecule has 2 aromatic carbocycles. The normalized spacial score (nSPS) is 17.5. The number of aromatic nitrogens is 4. The zero-order valence-electron chi connectivity index (χ0n) is 24.3. The van der Waals surface area contributed by atoms with Gasteiger partial charge in [0.2, 0.25) is 5.88 Å². The second-order valence-corrected chi connectivity index (χ2v) is 12.0. The van der Waals surface area contributed by atoms with Crippen LogP contribution in [0.1, 0.15) is 42.3 Å². The third-order valence-corrected chi connectivity index (χ3v) is 8.82. The number of likely N-dealkylation sites (tertiary alicyclic amines) is 1. The van der Waals surface area contributed by atoms with Gasteiger partial charge in [-0.3, -0.25) is 4.90 Å². The molecule has 2 fully saturated rings. The lowest BCUT2D eigenvalue weighted by molar-refractivity contribution is -0.0592. The Bertz CT molecular complexity index is 1780. The number of halogens is 2. The fourth-order valence-corrected chi connectivity index (χ4v) is 6.18. The monoisotopic (exact) mass is 612 g/mol. The number of imidazole rings is 1. The summed E-state index contributed by atoms with van der Waals surface area (Å²) in [6.07, 6.45) is 3.27. The van der Waals surface area contributed by atoms with Crippen molar-refractivity contribution in [2.45, 2.75) is 51.0 Å². The van der Waals surface area contributed by atoms with Crippen molar-refractivity contribution in [3.63, 3.8) is 0 Å². The van der Waals surface area contributed by atoms with Crippen LogP contribution in [0.3, 0.4) is 0 Å². The quantitative estimate of drug-likeness (QED) is 0.200. The van der Waals surface area contributed by atoms with Crippen molar-refractivity contribution in [2.75, 3.05) is 25.4 Å². The number of anilines is 1. The van der Waals surface area contributed by atoms with E-state index >= 15 is 0 Å². The Labute approximate surface area is 260 Å². The highest BCUT2D eigenvalue weighted by Crippen LogP contribution is 2.31. The minimum absolute atomic E-state index is 0.0994. The molecule has 0 aliphatic carbocycles. The molecular formula is C34H34ClFN6O2. The molecule has 7 rings (SSSR count). The summed E-state index contributed by atoms with van der Waals surface area (Å²) in [6, 6.07) is 22.4. The molecule has 226 valence electrons. The van der Waals surface area contributed by atoms with Gasteiger partial charge in [-0.25, -0.2) is 19.3 Å². The number of nitrogens with zero attached hydrogens (tertiary/aromatic N) is 5. The van der Waals surface area contributed by atoms with Crippen LogP contribution < -0.4 is 10.5 Å². The summed E-state index contributed by atoms with van der Waals surface area (Å²) in [4.78, 5) is 16.8. The lowest BCUT2D eigenvalue weighted by Gasteiger charge is -2.32. The van der Waals surface area contributed by atoms with Gasteiger partial charge in [0.05, 0.1) is 35.9 Å². The van der Waals surface area contributed by atoms with E-state index in [0.29, 0.717) is 28.2 Å². The lowest BCUT2D eigenvalue weighted by atomic mass is 9.93. The molecular weight excluding hydrogens is 579 g/mol. The predicted molar refractivity (Wildman–Crippen MR) is 169 cm³/mol. The first kappa shape index (κ1) is 28.7. The number of hydrogen-bond donors (Lipinski definition) is 1. The number of nitrogen functional groups attached to an aromatic ring is 1. The predicted octanol–water partition coefficient (Wildman–Crippen LogP) is 6.62. The number of rotatable bonds is 9. The van der Waals surface area contributed by atoms with Gasteiger partial charge in [-0.05, 0) is 74.8 Å². The Morgan fingerprint density at radius 3 is 2.57 bits per heavy atom. The number of fused-ring (bicyclic) bond motifs is 1. The third kappa shape index (κ3) is 6.26. The summed E-state index contributed by atoms with van der Waals surface area (Å²) in [5, 5.41) is 0.364. The number of benzene rings is 2. The van der Waals surface area contributed by atoms with Gasteiger partial charge in [-0.15, -0.1) is 0 Å². The van der Waals surface area contributed by atoms with Crippen molar-refractivity contribution < 1.29 is 13.9 Å². The number of piperidine rings is 1. The van der Waals surface area contributed by atoms with Gasteiger partial charge in [0.15, 0.2) is 0 Å². The number of nitrogens with two attached hydrogens (primary N) is 1. The Morgan fingerprint density at radius 1 is 0.955 bits per heavy atom. The second kappa shape index (κ2) is 12.5. The third-order valence-electron chi connectivity index (χ3n) is 8.58. The maximum Gasteiger partial charge on any atom is 0.213 e. The van der Waals surface area contributed by atoms with Crippen LogP contribution in [0.25, 0.3) is 22.3 Å². The van der Waals surface area contributed by atoms with Crippen LogP contribution >= 0.6 is 11.6 Å². The van der Waals surface area contributed by atoms with Crippen LogP contribution in [0.4, 0.5) is 10.2 Å². The van der Waals surface area contributed by atoms with E-state index in [4.69, 9.17) is 36.8 Å². The van der Waals surface area contributed by atoms with Gasteiger partial charge >= 0.3 is 0 Å². The maximum absolute atomic E-state index is 14.2.